The molecular weight excluding hydrogens is 576 g/mol. The molecule has 1 aromatic heterocycles. The van der Waals surface area contributed by atoms with Gasteiger partial charge in [0.05, 0.1) is 11.4 Å². The number of rotatable bonds is 2. The fourth-order valence-corrected chi connectivity index (χ4v) is 6.67. The van der Waals surface area contributed by atoms with E-state index in [1.807, 2.05) is 37.3 Å². The lowest BCUT2D eigenvalue weighted by atomic mass is 9.78. The number of carboxylic acids is 1. The van der Waals surface area contributed by atoms with Gasteiger partial charge in [-0.1, -0.05) is 49.2 Å². The summed E-state index contributed by atoms with van der Waals surface area (Å²) in [5.74, 6) is -9.99. The highest BCUT2D eigenvalue weighted by Gasteiger charge is 2.34. The Morgan fingerprint density at radius 3 is 2.39 bits per heavy atom. The highest BCUT2D eigenvalue weighted by atomic mass is 19.2. The van der Waals surface area contributed by atoms with E-state index in [-0.39, 0.29) is 19.5 Å². The van der Waals surface area contributed by atoms with Crippen molar-refractivity contribution in [2.45, 2.75) is 71.4 Å². The van der Waals surface area contributed by atoms with Gasteiger partial charge in [0, 0.05) is 31.1 Å². The largest absolute Gasteiger partial charge is 0.481 e. The van der Waals surface area contributed by atoms with E-state index in [0.717, 1.165) is 22.2 Å². The third kappa shape index (κ3) is 5.01. The smallest absolute Gasteiger partial charge is 0.307 e. The van der Waals surface area contributed by atoms with Crippen LogP contribution in [0.25, 0.3) is 11.0 Å². The minimum Gasteiger partial charge on any atom is -0.481 e. The number of aliphatic carboxylic acids is 1. The molecule has 9 rings (SSSR count). The van der Waals surface area contributed by atoms with E-state index < -0.39 is 58.1 Å². The van der Waals surface area contributed by atoms with Crippen LogP contribution in [0.15, 0.2) is 30.3 Å². The van der Waals surface area contributed by atoms with Crippen LogP contribution in [-0.4, -0.2) is 43.4 Å². The van der Waals surface area contributed by atoms with Crippen molar-refractivity contribution in [3.05, 3.63) is 92.5 Å². The Hall–Kier alpha value is -4.28. The first kappa shape index (κ1) is 29.8. The average molecular weight is 609 g/mol. The number of hydrogen-bond donors (Lipinski definition) is 1. The van der Waals surface area contributed by atoms with E-state index in [4.69, 9.17) is 0 Å². The van der Waals surface area contributed by atoms with Crippen LogP contribution in [0, 0.1) is 36.1 Å². The van der Waals surface area contributed by atoms with Crippen molar-refractivity contribution in [2.24, 2.45) is 5.92 Å². The predicted molar refractivity (Wildman–Crippen MR) is 154 cm³/mol. The first-order valence-corrected chi connectivity index (χ1v) is 14.9. The van der Waals surface area contributed by atoms with E-state index in [0.29, 0.717) is 55.3 Å². The van der Waals surface area contributed by atoms with E-state index in [1.54, 1.807) is 11.6 Å². The molecule has 5 aliphatic heterocycles. The van der Waals surface area contributed by atoms with Crippen LogP contribution in [0.5, 0.6) is 0 Å². The van der Waals surface area contributed by atoms with Crippen molar-refractivity contribution in [1.29, 1.82) is 0 Å². The zero-order valence-corrected chi connectivity index (χ0v) is 24.5. The molecule has 11 heteroatoms. The summed E-state index contributed by atoms with van der Waals surface area (Å²) >= 11 is 0. The van der Waals surface area contributed by atoms with Gasteiger partial charge in [0.25, 0.3) is 5.91 Å². The maximum Gasteiger partial charge on any atom is 0.307 e. The van der Waals surface area contributed by atoms with Gasteiger partial charge < -0.3 is 10.0 Å². The number of nitrogens with zero attached hydrogens (tertiary/aromatic N) is 4. The Kier molecular flexibility index (Phi) is 7.89. The van der Waals surface area contributed by atoms with Crippen LogP contribution in [0.3, 0.4) is 0 Å². The summed E-state index contributed by atoms with van der Waals surface area (Å²) in [5.41, 5.74) is 3.39. The van der Waals surface area contributed by atoms with Crippen molar-refractivity contribution < 1.29 is 32.3 Å². The number of aryl methyl sites for hydroxylation is 2. The Morgan fingerprint density at radius 1 is 0.932 bits per heavy atom. The Bertz CT molecular complexity index is 1770. The molecule has 0 spiro atoms. The molecule has 0 saturated heterocycles. The normalized spacial score (nSPS) is 18.2. The average Bonchev–Trinajstić information content (AvgIpc) is 3.43. The van der Waals surface area contributed by atoms with Gasteiger partial charge in [-0.15, -0.1) is 5.10 Å². The Labute approximate surface area is 251 Å². The van der Waals surface area contributed by atoms with Gasteiger partial charge in [0.15, 0.2) is 23.3 Å². The van der Waals surface area contributed by atoms with Crippen LogP contribution in [0.2, 0.25) is 0 Å². The van der Waals surface area contributed by atoms with Crippen LogP contribution in [0.4, 0.5) is 17.6 Å². The molecule has 9 bridgehead atoms. The quantitative estimate of drug-likeness (QED) is 0.208. The van der Waals surface area contributed by atoms with Gasteiger partial charge in [0.2, 0.25) is 0 Å². The molecule has 1 amide bonds. The molecule has 2 atom stereocenters. The van der Waals surface area contributed by atoms with Crippen molar-refractivity contribution >= 4 is 22.9 Å². The predicted octanol–water partition coefficient (Wildman–Crippen LogP) is 6.46. The fourth-order valence-electron chi connectivity index (χ4n) is 6.67. The lowest BCUT2D eigenvalue weighted by Crippen LogP contribution is -2.37. The Balaban J connectivity index is 1.48. The summed E-state index contributed by atoms with van der Waals surface area (Å²) in [6.07, 6.45) is 2.36. The zero-order valence-electron chi connectivity index (χ0n) is 24.5. The molecular formula is C33H32F4N4O3. The number of halogens is 4. The number of carboxylic acid groups (broad SMARTS) is 1. The minimum absolute atomic E-state index is 0.0631. The van der Waals surface area contributed by atoms with Crippen LogP contribution in [0.1, 0.15) is 82.3 Å². The van der Waals surface area contributed by atoms with Gasteiger partial charge in [-0.25, -0.2) is 22.2 Å². The van der Waals surface area contributed by atoms with Gasteiger partial charge in [0.1, 0.15) is 11.1 Å². The molecule has 230 valence electrons. The summed E-state index contributed by atoms with van der Waals surface area (Å²) < 4.78 is 62.3. The SMILES string of the molecule is Cc1c2ccc3c1nnn3CCCCCCc1c(F)c(F)c(c(F)c1F)C(=O)N1CCc3ccc(cc3C1)[C@H]2[C@@H](C)C(=O)O. The Morgan fingerprint density at radius 2 is 1.66 bits per heavy atom. The molecule has 0 fully saturated rings. The van der Waals surface area contributed by atoms with Crippen LogP contribution in [-0.2, 0) is 30.7 Å². The zero-order chi connectivity index (χ0) is 31.3. The van der Waals surface area contributed by atoms with E-state index in [1.165, 1.54) is 4.90 Å². The standard InChI is InChI=1S/C33H32F4N4O3/c1-17-22-10-11-24-31(17)38-39-41(24)13-6-4-3-5-7-23-27(34)29(36)26(30(37)28(23)35)32(42)40-14-12-19-8-9-20(15-21(19)16-40)25(22)18(2)33(43)44/h8-11,15,18,25H,3-7,12-14,16H2,1-2H3,(H,43,44)/t18-,25-/m1/s1. The number of amides is 1. The summed E-state index contributed by atoms with van der Waals surface area (Å²) in [6, 6.07) is 9.36. The first-order chi connectivity index (χ1) is 21.1. The fraction of sp³-hybridized carbons (Fsp3) is 0.394. The molecule has 4 aromatic rings. The monoisotopic (exact) mass is 608 g/mol. The van der Waals surface area contributed by atoms with Crippen LogP contribution < -0.4 is 0 Å². The third-order valence-electron chi connectivity index (χ3n) is 9.21. The first-order valence-electron chi connectivity index (χ1n) is 14.9. The van der Waals surface area contributed by atoms with E-state index in [2.05, 4.69) is 10.3 Å². The van der Waals surface area contributed by atoms with E-state index in [9.17, 15) is 14.7 Å². The molecule has 0 radical (unpaired) electrons. The highest BCUT2D eigenvalue weighted by molar-refractivity contribution is 5.95. The third-order valence-corrected chi connectivity index (χ3v) is 9.21. The summed E-state index contributed by atoms with van der Waals surface area (Å²) in [6.45, 7) is 4.10. The minimum atomic E-state index is -1.69. The molecule has 5 aliphatic rings. The molecule has 1 N–H and O–H groups in total. The molecule has 6 heterocycles. The van der Waals surface area contributed by atoms with Crippen LogP contribution >= 0.6 is 0 Å². The second kappa shape index (κ2) is 11.7. The maximum atomic E-state index is 15.2. The molecule has 3 aromatic carbocycles. The van der Waals surface area contributed by atoms with Crippen molar-refractivity contribution in [3.8, 4) is 0 Å². The number of carbonyl (C=O) groups is 2. The summed E-state index contributed by atoms with van der Waals surface area (Å²) in [4.78, 5) is 26.9. The maximum absolute atomic E-state index is 15.2. The summed E-state index contributed by atoms with van der Waals surface area (Å²) in [5, 5.41) is 18.8. The molecule has 0 saturated carbocycles. The molecule has 44 heavy (non-hydrogen) atoms. The second-order valence-corrected chi connectivity index (χ2v) is 11.8. The summed E-state index contributed by atoms with van der Waals surface area (Å²) in [7, 11) is 0. The lowest BCUT2D eigenvalue weighted by Gasteiger charge is -2.31. The molecule has 0 aliphatic carbocycles. The number of benzene rings is 3. The van der Waals surface area contributed by atoms with Gasteiger partial charge in [-0.05, 0) is 66.5 Å². The van der Waals surface area contributed by atoms with Gasteiger partial charge in [-0.2, -0.15) is 0 Å². The number of aromatic nitrogens is 3. The van der Waals surface area contributed by atoms with Gasteiger partial charge >= 0.3 is 5.97 Å². The topological polar surface area (TPSA) is 88.3 Å². The van der Waals surface area contributed by atoms with Crippen molar-refractivity contribution in [3.63, 3.8) is 0 Å². The lowest BCUT2D eigenvalue weighted by molar-refractivity contribution is -0.141. The second-order valence-electron chi connectivity index (χ2n) is 11.8. The molecule has 7 nitrogen and oxygen atoms in total. The van der Waals surface area contributed by atoms with E-state index >= 15 is 17.6 Å². The van der Waals surface area contributed by atoms with Crippen molar-refractivity contribution in [2.75, 3.05) is 6.54 Å². The highest BCUT2D eigenvalue weighted by Crippen LogP contribution is 2.38. The van der Waals surface area contributed by atoms with Crippen molar-refractivity contribution in [1.82, 2.24) is 19.9 Å². The molecule has 0 unspecified atom stereocenters. The number of hydrogen-bond acceptors (Lipinski definition) is 4. The van der Waals surface area contributed by atoms with Gasteiger partial charge in [-0.3, -0.25) is 9.59 Å². The number of carbonyl (C=O) groups excluding carboxylic acids is 1.